The number of hydrogen-bond acceptors (Lipinski definition) is 9. The van der Waals surface area contributed by atoms with E-state index in [9.17, 15) is 23.9 Å². The number of alkyl halides is 1. The van der Waals surface area contributed by atoms with Crippen LogP contribution in [0.1, 0.15) is 57.7 Å². The minimum absolute atomic E-state index is 0.0511. The number of benzene rings is 1. The summed E-state index contributed by atoms with van der Waals surface area (Å²) in [6.45, 7) is 12.9. The third-order valence-corrected chi connectivity index (χ3v) is 9.94. The predicted molar refractivity (Wildman–Crippen MR) is 174 cm³/mol. The van der Waals surface area contributed by atoms with Crippen molar-refractivity contribution in [2.75, 3.05) is 45.9 Å². The number of piperazine rings is 1. The van der Waals surface area contributed by atoms with Crippen molar-refractivity contribution in [3.8, 4) is 16.2 Å². The van der Waals surface area contributed by atoms with Crippen molar-refractivity contribution >= 4 is 29.1 Å². The first-order valence-electron chi connectivity index (χ1n) is 16.2. The number of nitrogens with zero attached hydrogens (tertiary/aromatic N) is 3. The summed E-state index contributed by atoms with van der Waals surface area (Å²) in [5.41, 5.74) is 1.83. The average molecular weight is 659 g/mol. The number of aryl methyl sites for hydroxylation is 1. The molecule has 3 aliphatic rings. The molecule has 0 spiro atoms. The van der Waals surface area contributed by atoms with Crippen LogP contribution in [-0.2, 0) is 20.9 Å². The van der Waals surface area contributed by atoms with Crippen LogP contribution >= 0.6 is 11.3 Å². The molecule has 0 unspecified atom stereocenters. The highest BCUT2D eigenvalue weighted by Crippen LogP contribution is 2.40. The Morgan fingerprint density at radius 1 is 1.24 bits per heavy atom. The van der Waals surface area contributed by atoms with Crippen LogP contribution in [0.2, 0.25) is 0 Å². The van der Waals surface area contributed by atoms with Gasteiger partial charge in [-0.25, -0.2) is 9.37 Å². The molecule has 3 fully saturated rings. The number of aliphatic hydroxyl groups is 1. The normalized spacial score (nSPS) is 21.9. The minimum atomic E-state index is -1.94. The summed E-state index contributed by atoms with van der Waals surface area (Å²) in [4.78, 5) is 49.1. The van der Waals surface area contributed by atoms with E-state index in [1.807, 2.05) is 30.6 Å². The molecule has 2 saturated heterocycles. The highest BCUT2D eigenvalue weighted by Gasteiger charge is 2.53. The van der Waals surface area contributed by atoms with Gasteiger partial charge in [0.25, 0.3) is 5.91 Å². The summed E-state index contributed by atoms with van der Waals surface area (Å²) in [5.74, 6) is -1.07. The molecule has 0 radical (unpaired) electrons. The van der Waals surface area contributed by atoms with E-state index in [0.29, 0.717) is 12.4 Å². The first-order valence-corrected chi connectivity index (χ1v) is 17.1. The number of β-amino-alcohol motifs (C(OH)–C–C–N with tert-alkyl or cyclic N) is 1. The Morgan fingerprint density at radius 2 is 1.98 bits per heavy atom. The second-order valence-corrected chi connectivity index (χ2v) is 14.6. The van der Waals surface area contributed by atoms with E-state index >= 15 is 0 Å². The van der Waals surface area contributed by atoms with E-state index < -0.39 is 47.0 Å². The molecule has 2 aromatic rings. The lowest BCUT2D eigenvalue weighted by Crippen LogP contribution is -2.59. The molecule has 4 N–H and O–H groups in total. The van der Waals surface area contributed by atoms with Gasteiger partial charge in [0, 0.05) is 57.8 Å². The quantitative estimate of drug-likeness (QED) is 0.256. The molecule has 3 atom stereocenters. The molecule has 3 heterocycles. The zero-order valence-electron chi connectivity index (χ0n) is 27.2. The molecule has 1 aromatic heterocycles. The van der Waals surface area contributed by atoms with Gasteiger partial charge in [-0.1, -0.05) is 32.9 Å². The highest BCUT2D eigenvalue weighted by molar-refractivity contribution is 7.13. The topological polar surface area (TPSA) is 136 Å². The number of likely N-dealkylation sites (tertiary alicyclic amines) is 1. The molecule has 13 heteroatoms. The van der Waals surface area contributed by atoms with Gasteiger partial charge in [-0.05, 0) is 43.2 Å². The summed E-state index contributed by atoms with van der Waals surface area (Å²) in [5, 5.41) is 19.4. The van der Waals surface area contributed by atoms with Crippen molar-refractivity contribution in [2.45, 2.75) is 83.8 Å². The van der Waals surface area contributed by atoms with Crippen molar-refractivity contribution < 1.29 is 28.6 Å². The molecular weight excluding hydrogens is 611 g/mol. The third-order valence-electron chi connectivity index (χ3n) is 8.96. The Hall–Kier alpha value is -3.13. The standard InChI is InChI=1S/C33H47FN6O5S/c1-21-27(46-20-37-21)22-6-7-23(26(16-22)45-15-5-12-39-13-10-35-11-14-39)18-36-29(42)25-17-24(41)19-40(25)30(43)28(32(2,3)4)38-31(44)33(34)8-9-33/h6-7,16,20,24-25,28,35,41H,5,8-15,17-19H2,1-4H3,(H,36,42)(H,38,44)/t24-,25+,28-/m1/s1. The third kappa shape index (κ3) is 8.23. The lowest BCUT2D eigenvalue weighted by atomic mass is 9.85. The van der Waals surface area contributed by atoms with Gasteiger partial charge in [0.1, 0.15) is 17.8 Å². The molecule has 1 saturated carbocycles. The van der Waals surface area contributed by atoms with Gasteiger partial charge < -0.3 is 35.6 Å². The number of ether oxygens (including phenoxy) is 1. The van der Waals surface area contributed by atoms with Gasteiger partial charge in [-0.2, -0.15) is 0 Å². The van der Waals surface area contributed by atoms with Gasteiger partial charge in [-0.15, -0.1) is 11.3 Å². The summed E-state index contributed by atoms with van der Waals surface area (Å²) >= 11 is 1.56. The van der Waals surface area contributed by atoms with Crippen LogP contribution in [0.5, 0.6) is 5.75 Å². The number of nitrogens with one attached hydrogen (secondary N) is 3. The monoisotopic (exact) mass is 658 g/mol. The number of aromatic nitrogens is 1. The van der Waals surface area contributed by atoms with Crippen molar-refractivity contribution in [1.29, 1.82) is 0 Å². The van der Waals surface area contributed by atoms with E-state index in [0.717, 1.165) is 60.8 Å². The number of aliphatic hydroxyl groups excluding tert-OH is 1. The summed E-state index contributed by atoms with van der Waals surface area (Å²) in [6.07, 6.45) is 0.285. The van der Waals surface area contributed by atoms with E-state index in [2.05, 4.69) is 25.8 Å². The first-order chi connectivity index (χ1) is 21.9. The molecule has 11 nitrogen and oxygen atoms in total. The van der Waals surface area contributed by atoms with Gasteiger partial charge in [0.15, 0.2) is 5.67 Å². The maximum atomic E-state index is 14.5. The molecular formula is C33H47FN6O5S. The number of carbonyl (C=O) groups excluding carboxylic acids is 3. The maximum absolute atomic E-state index is 14.5. The number of rotatable bonds is 12. The molecule has 2 aliphatic heterocycles. The van der Waals surface area contributed by atoms with Gasteiger partial charge >= 0.3 is 0 Å². The Balaban J connectivity index is 1.26. The summed E-state index contributed by atoms with van der Waals surface area (Å²) in [6, 6.07) is 3.90. The number of amides is 3. The second-order valence-electron chi connectivity index (χ2n) is 13.7. The number of halogens is 1. The van der Waals surface area contributed by atoms with Crippen molar-refractivity contribution in [2.24, 2.45) is 5.41 Å². The lowest BCUT2D eigenvalue weighted by molar-refractivity contribution is -0.145. The van der Waals surface area contributed by atoms with Gasteiger partial charge in [0.05, 0.1) is 28.8 Å². The second kappa shape index (κ2) is 14.3. The Labute approximate surface area is 274 Å². The van der Waals surface area contributed by atoms with Crippen molar-refractivity contribution in [3.05, 3.63) is 35.0 Å². The fourth-order valence-electron chi connectivity index (χ4n) is 5.98. The van der Waals surface area contributed by atoms with E-state index in [1.54, 1.807) is 32.1 Å². The highest BCUT2D eigenvalue weighted by atomic mass is 32.1. The Bertz CT molecular complexity index is 1400. The van der Waals surface area contributed by atoms with E-state index in [1.165, 1.54) is 4.90 Å². The largest absolute Gasteiger partial charge is 0.493 e. The van der Waals surface area contributed by atoms with Gasteiger partial charge in [0.2, 0.25) is 11.8 Å². The summed E-state index contributed by atoms with van der Waals surface area (Å²) < 4.78 is 20.8. The fourth-order valence-corrected chi connectivity index (χ4v) is 6.78. The van der Waals surface area contributed by atoms with Crippen LogP contribution in [0.3, 0.4) is 0 Å². The molecule has 3 amide bonds. The maximum Gasteiger partial charge on any atom is 0.258 e. The molecule has 1 aromatic carbocycles. The van der Waals surface area contributed by atoms with Crippen LogP contribution in [-0.4, -0.2) is 107 Å². The predicted octanol–water partition coefficient (Wildman–Crippen LogP) is 2.40. The lowest BCUT2D eigenvalue weighted by Gasteiger charge is -2.35. The van der Waals surface area contributed by atoms with Crippen molar-refractivity contribution in [1.82, 2.24) is 30.7 Å². The first kappa shape index (κ1) is 34.2. The van der Waals surface area contributed by atoms with Crippen LogP contribution in [0, 0.1) is 12.3 Å². The average Bonchev–Trinajstić information content (AvgIpc) is 3.43. The molecule has 1 aliphatic carbocycles. The fraction of sp³-hybridized carbons (Fsp3) is 0.636. The Morgan fingerprint density at radius 3 is 2.63 bits per heavy atom. The molecule has 0 bridgehead atoms. The zero-order valence-corrected chi connectivity index (χ0v) is 28.1. The SMILES string of the molecule is Cc1ncsc1-c1ccc(CNC(=O)[C@@H]2C[C@@H](O)CN2C(=O)[C@@H](NC(=O)C2(F)CC2)C(C)(C)C)c(OCCCN2CCNCC2)c1. The van der Waals surface area contributed by atoms with Crippen LogP contribution in [0.4, 0.5) is 4.39 Å². The molecule has 252 valence electrons. The molecule has 46 heavy (non-hydrogen) atoms. The van der Waals surface area contributed by atoms with E-state index in [4.69, 9.17) is 4.74 Å². The smallest absolute Gasteiger partial charge is 0.258 e. The van der Waals surface area contributed by atoms with Crippen LogP contribution in [0.25, 0.3) is 10.4 Å². The minimum Gasteiger partial charge on any atom is -0.493 e. The van der Waals surface area contributed by atoms with Gasteiger partial charge in [-0.3, -0.25) is 14.4 Å². The van der Waals surface area contributed by atoms with Crippen LogP contribution in [0.15, 0.2) is 23.7 Å². The number of carbonyl (C=O) groups is 3. The number of hydrogen-bond donors (Lipinski definition) is 4. The zero-order chi connectivity index (χ0) is 33.1. The molecule has 5 rings (SSSR count). The number of thiazole rings is 1. The van der Waals surface area contributed by atoms with E-state index in [-0.39, 0.29) is 32.4 Å². The van der Waals surface area contributed by atoms with Crippen molar-refractivity contribution in [3.63, 3.8) is 0 Å². The summed E-state index contributed by atoms with van der Waals surface area (Å²) in [7, 11) is 0. The van der Waals surface area contributed by atoms with Crippen LogP contribution < -0.4 is 20.7 Å². The Kier molecular flexibility index (Phi) is 10.7.